The van der Waals surface area contributed by atoms with E-state index in [1.54, 1.807) is 0 Å². The molecule has 0 aliphatic carbocycles. The van der Waals surface area contributed by atoms with Crippen LogP contribution in [0, 0.1) is 0 Å². The van der Waals surface area contributed by atoms with Gasteiger partial charge >= 0.3 is 17.9 Å². The molecular weight excluding hydrogens is 793 g/mol. The molecule has 6 heteroatoms. The van der Waals surface area contributed by atoms with E-state index in [0.717, 1.165) is 135 Å². The predicted octanol–water partition coefficient (Wildman–Crippen LogP) is 17.4. The van der Waals surface area contributed by atoms with Crippen LogP contribution in [0.3, 0.4) is 0 Å². The van der Waals surface area contributed by atoms with E-state index in [1.807, 2.05) is 0 Å². The minimum Gasteiger partial charge on any atom is -0.462 e. The van der Waals surface area contributed by atoms with Crippen molar-refractivity contribution in [2.24, 2.45) is 0 Å². The van der Waals surface area contributed by atoms with Crippen LogP contribution < -0.4 is 0 Å². The molecule has 0 radical (unpaired) electrons. The normalized spacial score (nSPS) is 12.9. The van der Waals surface area contributed by atoms with Crippen LogP contribution in [0.5, 0.6) is 0 Å². The minimum atomic E-state index is -0.802. The summed E-state index contributed by atoms with van der Waals surface area (Å²) in [5.41, 5.74) is 0. The quantitative estimate of drug-likeness (QED) is 0.0262. The van der Waals surface area contributed by atoms with Crippen molar-refractivity contribution in [1.82, 2.24) is 0 Å². The molecule has 364 valence electrons. The molecule has 0 saturated carbocycles. The van der Waals surface area contributed by atoms with E-state index in [9.17, 15) is 14.4 Å². The summed E-state index contributed by atoms with van der Waals surface area (Å²) in [5.74, 6) is -0.958. The average Bonchev–Trinajstić information content (AvgIpc) is 3.29. The van der Waals surface area contributed by atoms with Gasteiger partial charge in [-0.2, -0.15) is 0 Å². The SMILES string of the molecule is CC/C=C\C/C=C\C/C=C\C/C=C\C/C=C\CCCCCC(=O)OC[C@@H](COC(=O)CCCCCCC/C=C\CCCCC)OC(=O)CCCCCCC/C=C\C/C=C\CCCCC. The molecule has 0 amide bonds. The van der Waals surface area contributed by atoms with Gasteiger partial charge in [-0.1, -0.05) is 189 Å². The van der Waals surface area contributed by atoms with Gasteiger partial charge in [-0.25, -0.2) is 0 Å². The van der Waals surface area contributed by atoms with Gasteiger partial charge in [0, 0.05) is 19.3 Å². The number of allylic oxidation sites excluding steroid dienone is 16. The Morgan fingerprint density at radius 3 is 0.984 bits per heavy atom. The van der Waals surface area contributed by atoms with Crippen LogP contribution in [-0.4, -0.2) is 37.2 Å². The summed E-state index contributed by atoms with van der Waals surface area (Å²) in [6.45, 7) is 6.42. The molecule has 0 N–H and O–H groups in total. The number of carbonyl (C=O) groups is 3. The molecule has 6 nitrogen and oxygen atoms in total. The first-order valence-corrected chi connectivity index (χ1v) is 26.2. The van der Waals surface area contributed by atoms with Gasteiger partial charge in [0.1, 0.15) is 13.2 Å². The fourth-order valence-electron chi connectivity index (χ4n) is 6.84. The van der Waals surface area contributed by atoms with E-state index in [4.69, 9.17) is 14.2 Å². The van der Waals surface area contributed by atoms with Crippen LogP contribution in [0.25, 0.3) is 0 Å². The standard InChI is InChI=1S/C58H96O6/c1-4-7-10-13-16-19-22-25-27-28-29-30-32-33-36-39-42-45-48-51-57(60)63-54-55(53-62-56(59)50-47-44-41-38-35-24-21-18-15-12-9-6-3)64-58(61)52-49-46-43-40-37-34-31-26-23-20-17-14-11-8-5-2/h7,10,16-21,25-27,29-31,33,36,55H,4-6,8-9,11-15,22-24,28,32,34-35,37-54H2,1-3H3/b10-7-,19-16-,20-17-,21-18-,27-25-,30-29-,31-26-,36-33-/t55-/m1/s1. The topological polar surface area (TPSA) is 78.9 Å². The van der Waals surface area contributed by atoms with Gasteiger partial charge in [0.25, 0.3) is 0 Å². The van der Waals surface area contributed by atoms with E-state index in [-0.39, 0.29) is 31.1 Å². The number of esters is 3. The predicted molar refractivity (Wildman–Crippen MR) is 274 cm³/mol. The van der Waals surface area contributed by atoms with Crippen molar-refractivity contribution in [2.45, 2.75) is 239 Å². The number of rotatable bonds is 46. The molecule has 1 atom stereocenters. The van der Waals surface area contributed by atoms with E-state index >= 15 is 0 Å². The van der Waals surface area contributed by atoms with E-state index < -0.39 is 6.10 Å². The van der Waals surface area contributed by atoms with Crippen LogP contribution in [0.4, 0.5) is 0 Å². The molecule has 0 bridgehead atoms. The zero-order chi connectivity index (χ0) is 46.5. The zero-order valence-electron chi connectivity index (χ0n) is 41.5. The Morgan fingerprint density at radius 2 is 0.609 bits per heavy atom. The third kappa shape index (κ3) is 49.3. The average molecular weight is 889 g/mol. The van der Waals surface area contributed by atoms with Crippen LogP contribution in [0.2, 0.25) is 0 Å². The van der Waals surface area contributed by atoms with Crippen molar-refractivity contribution in [3.05, 3.63) is 97.2 Å². The van der Waals surface area contributed by atoms with Gasteiger partial charge in [0.15, 0.2) is 6.10 Å². The smallest absolute Gasteiger partial charge is 0.306 e. The van der Waals surface area contributed by atoms with Crippen LogP contribution >= 0.6 is 0 Å². The van der Waals surface area contributed by atoms with E-state index in [0.29, 0.717) is 19.3 Å². The van der Waals surface area contributed by atoms with Gasteiger partial charge in [-0.05, 0) is 122 Å². The summed E-state index contributed by atoms with van der Waals surface area (Å²) in [5, 5.41) is 0. The Morgan fingerprint density at radius 1 is 0.328 bits per heavy atom. The number of hydrogen-bond acceptors (Lipinski definition) is 6. The van der Waals surface area contributed by atoms with Crippen molar-refractivity contribution in [1.29, 1.82) is 0 Å². The first-order valence-electron chi connectivity index (χ1n) is 26.2. The van der Waals surface area contributed by atoms with E-state index in [2.05, 4.69) is 118 Å². The van der Waals surface area contributed by atoms with Gasteiger partial charge in [-0.15, -0.1) is 0 Å². The molecule has 0 aliphatic heterocycles. The summed E-state index contributed by atoms with van der Waals surface area (Å²) in [7, 11) is 0. The third-order valence-corrected chi connectivity index (χ3v) is 10.8. The summed E-state index contributed by atoms with van der Waals surface area (Å²) in [6, 6.07) is 0. The Labute approximate surface area is 394 Å². The lowest BCUT2D eigenvalue weighted by atomic mass is 10.1. The molecule has 0 aromatic rings. The molecule has 0 unspecified atom stereocenters. The fourth-order valence-corrected chi connectivity index (χ4v) is 6.84. The van der Waals surface area contributed by atoms with Gasteiger partial charge < -0.3 is 14.2 Å². The zero-order valence-corrected chi connectivity index (χ0v) is 41.5. The largest absolute Gasteiger partial charge is 0.462 e. The summed E-state index contributed by atoms with van der Waals surface area (Å²) < 4.78 is 16.8. The molecule has 0 spiro atoms. The second-order valence-corrected chi connectivity index (χ2v) is 17.0. The number of hydrogen-bond donors (Lipinski definition) is 0. The van der Waals surface area contributed by atoms with Crippen LogP contribution in [-0.2, 0) is 28.6 Å². The highest BCUT2D eigenvalue weighted by atomic mass is 16.6. The minimum absolute atomic E-state index is 0.0993. The van der Waals surface area contributed by atoms with Crippen molar-refractivity contribution >= 4 is 17.9 Å². The molecular formula is C58H96O6. The second-order valence-electron chi connectivity index (χ2n) is 17.0. The lowest BCUT2D eigenvalue weighted by Gasteiger charge is -2.18. The third-order valence-electron chi connectivity index (χ3n) is 10.8. The number of carbonyl (C=O) groups excluding carboxylic acids is 3. The summed E-state index contributed by atoms with van der Waals surface area (Å²) in [6.07, 6.45) is 68.1. The van der Waals surface area contributed by atoms with Crippen LogP contribution in [0.15, 0.2) is 97.2 Å². The fraction of sp³-hybridized carbons (Fsp3) is 0.672. The monoisotopic (exact) mass is 889 g/mol. The maximum absolute atomic E-state index is 12.8. The van der Waals surface area contributed by atoms with Crippen molar-refractivity contribution < 1.29 is 28.6 Å². The Hall–Kier alpha value is -3.67. The second kappa shape index (κ2) is 52.0. The maximum atomic E-state index is 12.8. The lowest BCUT2D eigenvalue weighted by Crippen LogP contribution is -2.30. The number of ether oxygens (including phenoxy) is 3. The molecule has 0 aliphatic rings. The summed E-state index contributed by atoms with van der Waals surface area (Å²) >= 11 is 0. The Kier molecular flexibility index (Phi) is 49.0. The van der Waals surface area contributed by atoms with E-state index in [1.165, 1.54) is 57.8 Å². The first kappa shape index (κ1) is 60.3. The summed E-state index contributed by atoms with van der Waals surface area (Å²) in [4.78, 5) is 38.0. The van der Waals surface area contributed by atoms with Crippen LogP contribution in [0.1, 0.15) is 233 Å². The number of unbranched alkanes of at least 4 members (excludes halogenated alkanes) is 19. The highest BCUT2D eigenvalue weighted by Gasteiger charge is 2.19. The Balaban J connectivity index is 4.48. The highest BCUT2D eigenvalue weighted by Crippen LogP contribution is 2.13. The maximum Gasteiger partial charge on any atom is 0.306 e. The van der Waals surface area contributed by atoms with Crippen molar-refractivity contribution in [3.63, 3.8) is 0 Å². The molecule has 0 aromatic carbocycles. The Bertz CT molecular complexity index is 1300. The molecule has 0 aromatic heterocycles. The molecule has 0 rings (SSSR count). The van der Waals surface area contributed by atoms with Crippen molar-refractivity contribution in [3.8, 4) is 0 Å². The lowest BCUT2D eigenvalue weighted by molar-refractivity contribution is -0.167. The highest BCUT2D eigenvalue weighted by molar-refractivity contribution is 5.71. The molecule has 0 fully saturated rings. The van der Waals surface area contributed by atoms with Crippen molar-refractivity contribution in [2.75, 3.05) is 13.2 Å². The molecule has 0 saturated heterocycles. The van der Waals surface area contributed by atoms with Gasteiger partial charge in [0.05, 0.1) is 0 Å². The molecule has 0 heterocycles. The van der Waals surface area contributed by atoms with Gasteiger partial charge in [-0.3, -0.25) is 14.4 Å². The first-order chi connectivity index (χ1) is 31.5. The molecule has 64 heavy (non-hydrogen) atoms. The van der Waals surface area contributed by atoms with Gasteiger partial charge in [0.2, 0.25) is 0 Å².